The maximum absolute atomic E-state index is 11.5. The third-order valence-corrected chi connectivity index (χ3v) is 2.73. The third-order valence-electron chi connectivity index (χ3n) is 2.73. The van der Waals surface area contributed by atoms with Crippen molar-refractivity contribution >= 4 is 11.9 Å². The number of ether oxygens (including phenoxy) is 1. The number of hydrogen-bond acceptors (Lipinski definition) is 5. The van der Waals surface area contributed by atoms with E-state index in [2.05, 4.69) is 34.6 Å². The lowest BCUT2D eigenvalue weighted by atomic mass is 10.0. The van der Waals surface area contributed by atoms with Crippen molar-refractivity contribution < 1.29 is 9.53 Å². The van der Waals surface area contributed by atoms with Gasteiger partial charge in [0.2, 0.25) is 0 Å². The number of nitrogens with zero attached hydrogens (tertiary/aromatic N) is 3. The number of amides is 1. The van der Waals surface area contributed by atoms with Crippen molar-refractivity contribution in [3.05, 3.63) is 12.3 Å². The van der Waals surface area contributed by atoms with E-state index in [1.807, 2.05) is 0 Å². The van der Waals surface area contributed by atoms with Gasteiger partial charge in [-0.3, -0.25) is 5.32 Å². The Balaban J connectivity index is 2.27. The molecule has 1 rings (SSSR count). The molecule has 0 spiro atoms. The van der Waals surface area contributed by atoms with Gasteiger partial charge in [-0.05, 0) is 17.6 Å². The van der Waals surface area contributed by atoms with Crippen LogP contribution in [0.2, 0.25) is 0 Å². The quantitative estimate of drug-likeness (QED) is 0.807. The van der Waals surface area contributed by atoms with E-state index in [0.717, 1.165) is 19.3 Å². The SMILES string of the molecule is CCCCC(CC)COC(=O)Nc1ccnnn1. The van der Waals surface area contributed by atoms with Crippen LogP contribution in [0.5, 0.6) is 0 Å². The minimum Gasteiger partial charge on any atom is -0.449 e. The van der Waals surface area contributed by atoms with E-state index in [1.54, 1.807) is 6.07 Å². The molecule has 6 heteroatoms. The summed E-state index contributed by atoms with van der Waals surface area (Å²) in [6.07, 6.45) is 5.40. The molecule has 0 bridgehead atoms. The van der Waals surface area contributed by atoms with E-state index in [-0.39, 0.29) is 0 Å². The number of anilines is 1. The Morgan fingerprint density at radius 1 is 1.50 bits per heavy atom. The molecule has 0 radical (unpaired) electrons. The molecule has 0 aliphatic heterocycles. The smallest absolute Gasteiger partial charge is 0.412 e. The van der Waals surface area contributed by atoms with Gasteiger partial charge in [-0.2, -0.15) is 0 Å². The normalized spacial score (nSPS) is 11.9. The summed E-state index contributed by atoms with van der Waals surface area (Å²) >= 11 is 0. The average molecular weight is 252 g/mol. The molecule has 1 aromatic heterocycles. The Kier molecular flexibility index (Phi) is 6.68. The van der Waals surface area contributed by atoms with E-state index >= 15 is 0 Å². The highest BCUT2D eigenvalue weighted by Crippen LogP contribution is 2.13. The van der Waals surface area contributed by atoms with Gasteiger partial charge in [-0.25, -0.2) is 4.79 Å². The first-order valence-electron chi connectivity index (χ1n) is 6.34. The zero-order chi connectivity index (χ0) is 13.2. The first-order valence-corrected chi connectivity index (χ1v) is 6.34. The molecule has 1 atom stereocenters. The van der Waals surface area contributed by atoms with Gasteiger partial charge in [-0.1, -0.05) is 33.1 Å². The second-order valence-electron chi connectivity index (χ2n) is 4.15. The van der Waals surface area contributed by atoms with Gasteiger partial charge >= 0.3 is 6.09 Å². The van der Waals surface area contributed by atoms with Crippen LogP contribution in [0.3, 0.4) is 0 Å². The fourth-order valence-corrected chi connectivity index (χ4v) is 1.54. The van der Waals surface area contributed by atoms with Crippen LogP contribution in [0.4, 0.5) is 10.6 Å². The Bertz CT molecular complexity index is 345. The van der Waals surface area contributed by atoms with Gasteiger partial charge in [-0.15, -0.1) is 10.2 Å². The molecule has 1 heterocycles. The van der Waals surface area contributed by atoms with Crippen molar-refractivity contribution in [2.75, 3.05) is 11.9 Å². The van der Waals surface area contributed by atoms with Gasteiger partial charge in [0.1, 0.15) is 0 Å². The summed E-state index contributed by atoms with van der Waals surface area (Å²) in [5, 5.41) is 13.1. The van der Waals surface area contributed by atoms with Crippen molar-refractivity contribution in [2.45, 2.75) is 39.5 Å². The molecule has 6 nitrogen and oxygen atoms in total. The minimum atomic E-state index is -0.495. The lowest BCUT2D eigenvalue weighted by Gasteiger charge is -2.14. The molecule has 0 saturated carbocycles. The number of aromatic nitrogens is 3. The van der Waals surface area contributed by atoms with Crippen LogP contribution in [0.15, 0.2) is 12.3 Å². The van der Waals surface area contributed by atoms with Gasteiger partial charge in [0, 0.05) is 6.07 Å². The molecule has 0 aliphatic rings. The highest BCUT2D eigenvalue weighted by atomic mass is 16.5. The topological polar surface area (TPSA) is 77.0 Å². The summed E-state index contributed by atoms with van der Waals surface area (Å²) in [4.78, 5) is 11.5. The van der Waals surface area contributed by atoms with Gasteiger partial charge in [0.05, 0.1) is 12.8 Å². The summed E-state index contributed by atoms with van der Waals surface area (Å²) < 4.78 is 5.16. The van der Waals surface area contributed by atoms with Crippen molar-refractivity contribution in [3.8, 4) is 0 Å². The molecule has 100 valence electrons. The standard InChI is InChI=1S/C12H20N4O2/c1-3-5-6-10(4-2)9-18-12(17)14-11-7-8-13-16-15-11/h7-8,10H,3-6,9H2,1-2H3,(H,13,14,15,17). The molecule has 18 heavy (non-hydrogen) atoms. The Morgan fingerprint density at radius 2 is 2.33 bits per heavy atom. The molecule has 0 aliphatic carbocycles. The number of rotatable bonds is 7. The summed E-state index contributed by atoms with van der Waals surface area (Å²) in [7, 11) is 0. The van der Waals surface area contributed by atoms with Crippen LogP contribution in [0, 0.1) is 5.92 Å². The first kappa shape index (κ1) is 14.3. The lowest BCUT2D eigenvalue weighted by Crippen LogP contribution is -2.19. The van der Waals surface area contributed by atoms with Crippen LogP contribution in [-0.4, -0.2) is 28.1 Å². The molecular formula is C12H20N4O2. The molecule has 0 saturated heterocycles. The van der Waals surface area contributed by atoms with E-state index in [9.17, 15) is 4.79 Å². The number of hydrogen-bond donors (Lipinski definition) is 1. The second kappa shape index (κ2) is 8.38. The number of unbranched alkanes of at least 4 members (excludes halogenated alkanes) is 1. The van der Waals surface area contributed by atoms with Crippen LogP contribution >= 0.6 is 0 Å². The van der Waals surface area contributed by atoms with Crippen LogP contribution in [-0.2, 0) is 4.74 Å². The molecule has 1 amide bonds. The summed E-state index contributed by atoms with van der Waals surface area (Å²) in [5.41, 5.74) is 0. The Hall–Kier alpha value is -1.72. The van der Waals surface area contributed by atoms with Gasteiger partial charge < -0.3 is 4.74 Å². The molecule has 1 unspecified atom stereocenters. The fourth-order valence-electron chi connectivity index (χ4n) is 1.54. The first-order chi connectivity index (χ1) is 8.76. The summed E-state index contributed by atoms with van der Waals surface area (Å²) in [6, 6.07) is 1.56. The average Bonchev–Trinajstić information content (AvgIpc) is 2.40. The van der Waals surface area contributed by atoms with E-state index in [1.165, 1.54) is 12.6 Å². The van der Waals surface area contributed by atoms with E-state index < -0.39 is 6.09 Å². The van der Waals surface area contributed by atoms with Crippen molar-refractivity contribution in [2.24, 2.45) is 5.92 Å². The van der Waals surface area contributed by atoms with Crippen molar-refractivity contribution in [1.29, 1.82) is 0 Å². The van der Waals surface area contributed by atoms with Crippen LogP contribution in [0.1, 0.15) is 39.5 Å². The minimum absolute atomic E-state index is 0.344. The van der Waals surface area contributed by atoms with Crippen molar-refractivity contribution in [3.63, 3.8) is 0 Å². The molecule has 1 aromatic rings. The zero-order valence-corrected chi connectivity index (χ0v) is 10.9. The maximum atomic E-state index is 11.5. The number of carbonyl (C=O) groups excluding carboxylic acids is 1. The summed E-state index contributed by atoms with van der Waals surface area (Å²) in [5.74, 6) is 0.774. The predicted molar refractivity (Wildman–Crippen MR) is 68.1 cm³/mol. The van der Waals surface area contributed by atoms with Crippen LogP contribution in [0.25, 0.3) is 0 Å². The largest absolute Gasteiger partial charge is 0.449 e. The number of nitrogens with one attached hydrogen (secondary N) is 1. The molecule has 1 N–H and O–H groups in total. The highest BCUT2D eigenvalue weighted by Gasteiger charge is 2.10. The third kappa shape index (κ3) is 5.56. The number of carbonyl (C=O) groups is 1. The Morgan fingerprint density at radius 3 is 2.94 bits per heavy atom. The van der Waals surface area contributed by atoms with Gasteiger partial charge in [0.25, 0.3) is 0 Å². The molecule has 0 fully saturated rings. The molecular weight excluding hydrogens is 232 g/mol. The van der Waals surface area contributed by atoms with E-state index in [4.69, 9.17) is 4.74 Å². The lowest BCUT2D eigenvalue weighted by molar-refractivity contribution is 0.136. The fraction of sp³-hybridized carbons (Fsp3) is 0.667. The highest BCUT2D eigenvalue weighted by molar-refractivity contribution is 5.82. The van der Waals surface area contributed by atoms with Gasteiger partial charge in [0.15, 0.2) is 5.82 Å². The molecule has 0 aromatic carbocycles. The Labute approximate surface area is 107 Å². The summed E-state index contributed by atoms with van der Waals surface area (Å²) in [6.45, 7) is 4.71. The van der Waals surface area contributed by atoms with Crippen molar-refractivity contribution in [1.82, 2.24) is 15.4 Å². The predicted octanol–water partition coefficient (Wildman–Crippen LogP) is 2.64. The monoisotopic (exact) mass is 252 g/mol. The van der Waals surface area contributed by atoms with Crippen LogP contribution < -0.4 is 5.32 Å². The zero-order valence-electron chi connectivity index (χ0n) is 10.9. The van der Waals surface area contributed by atoms with E-state index in [0.29, 0.717) is 18.3 Å². The second-order valence-corrected chi connectivity index (χ2v) is 4.15. The maximum Gasteiger partial charge on any atom is 0.412 e.